The lowest BCUT2D eigenvalue weighted by Gasteiger charge is -2.09. The van der Waals surface area contributed by atoms with Gasteiger partial charge in [0.05, 0.1) is 23.4 Å². The Labute approximate surface area is 199 Å². The topological polar surface area (TPSA) is 77.0 Å². The summed E-state index contributed by atoms with van der Waals surface area (Å²) in [6, 6.07) is 18.5. The molecule has 0 aliphatic rings. The molecule has 0 unspecified atom stereocenters. The summed E-state index contributed by atoms with van der Waals surface area (Å²) in [4.78, 5) is 24.8. The van der Waals surface area contributed by atoms with Gasteiger partial charge < -0.3 is 9.47 Å². The third-order valence-corrected chi connectivity index (χ3v) is 5.05. The molecule has 3 aromatic rings. The lowest BCUT2D eigenvalue weighted by molar-refractivity contribution is 0.0734. The quantitative estimate of drug-likeness (QED) is 0.176. The van der Waals surface area contributed by atoms with Crippen molar-refractivity contribution in [3.63, 3.8) is 0 Å². The van der Waals surface area contributed by atoms with Crippen molar-refractivity contribution in [1.82, 2.24) is 5.43 Å². The van der Waals surface area contributed by atoms with Gasteiger partial charge >= 0.3 is 5.97 Å². The minimum absolute atomic E-state index is 0.250. The molecule has 164 valence electrons. The van der Waals surface area contributed by atoms with Gasteiger partial charge in [0.1, 0.15) is 11.5 Å². The number of ether oxygens (including phenoxy) is 2. The van der Waals surface area contributed by atoms with Crippen molar-refractivity contribution in [3.8, 4) is 11.5 Å². The van der Waals surface area contributed by atoms with Crippen LogP contribution in [0.2, 0.25) is 5.02 Å². The van der Waals surface area contributed by atoms with E-state index in [2.05, 4.69) is 26.5 Å². The molecule has 1 N–H and O–H groups in total. The van der Waals surface area contributed by atoms with Crippen molar-refractivity contribution in [2.45, 2.75) is 13.3 Å². The average molecular weight is 516 g/mol. The Morgan fingerprint density at radius 1 is 1.09 bits per heavy atom. The van der Waals surface area contributed by atoms with Gasteiger partial charge in [-0.2, -0.15) is 5.10 Å². The van der Waals surface area contributed by atoms with Gasteiger partial charge in [-0.25, -0.2) is 10.2 Å². The zero-order valence-electron chi connectivity index (χ0n) is 17.2. The van der Waals surface area contributed by atoms with Crippen molar-refractivity contribution in [2.75, 3.05) is 6.61 Å². The van der Waals surface area contributed by atoms with Gasteiger partial charge in [0.25, 0.3) is 5.91 Å². The molecule has 8 heteroatoms. The van der Waals surface area contributed by atoms with Crippen LogP contribution in [0.4, 0.5) is 0 Å². The van der Waals surface area contributed by atoms with Crippen molar-refractivity contribution in [2.24, 2.45) is 5.10 Å². The number of carbonyl (C=O) groups is 2. The molecule has 0 fully saturated rings. The number of rotatable bonds is 8. The van der Waals surface area contributed by atoms with Crippen LogP contribution in [-0.2, 0) is 0 Å². The van der Waals surface area contributed by atoms with Crippen molar-refractivity contribution in [3.05, 3.63) is 92.9 Å². The van der Waals surface area contributed by atoms with Crippen molar-refractivity contribution >= 4 is 45.6 Å². The Kier molecular flexibility index (Phi) is 8.41. The first-order valence-corrected chi connectivity index (χ1v) is 11.0. The number of amides is 1. The Morgan fingerprint density at radius 3 is 2.56 bits per heavy atom. The van der Waals surface area contributed by atoms with Crippen LogP contribution in [0.1, 0.15) is 39.6 Å². The fourth-order valence-electron chi connectivity index (χ4n) is 2.64. The fourth-order valence-corrected chi connectivity index (χ4v) is 3.23. The molecule has 6 nitrogen and oxygen atoms in total. The molecule has 0 saturated heterocycles. The van der Waals surface area contributed by atoms with E-state index in [4.69, 9.17) is 21.1 Å². The van der Waals surface area contributed by atoms with Gasteiger partial charge in [-0.05, 0) is 61.0 Å². The smallest absolute Gasteiger partial charge is 0.345 e. The summed E-state index contributed by atoms with van der Waals surface area (Å²) < 4.78 is 11.8. The summed E-state index contributed by atoms with van der Waals surface area (Å²) >= 11 is 9.45. The number of hydrogen-bond acceptors (Lipinski definition) is 5. The Hall–Kier alpha value is -3.16. The first kappa shape index (κ1) is 23.5. The number of nitrogens with one attached hydrogen (secondary N) is 1. The molecule has 0 bridgehead atoms. The van der Waals surface area contributed by atoms with Crippen LogP contribution < -0.4 is 14.9 Å². The summed E-state index contributed by atoms with van der Waals surface area (Å²) in [5.41, 5.74) is 3.64. The maximum atomic E-state index is 12.5. The number of halogens is 2. The Balaban J connectivity index is 1.69. The number of carbonyl (C=O) groups excluding carboxylic acids is 2. The molecule has 0 heterocycles. The summed E-state index contributed by atoms with van der Waals surface area (Å²) in [7, 11) is 0. The molecule has 0 aliphatic heterocycles. The van der Waals surface area contributed by atoms with Crippen LogP contribution in [0.15, 0.2) is 76.3 Å². The van der Waals surface area contributed by atoms with Crippen LogP contribution in [0.5, 0.6) is 11.5 Å². The average Bonchev–Trinajstić information content (AvgIpc) is 2.80. The second kappa shape index (κ2) is 11.5. The monoisotopic (exact) mass is 514 g/mol. The van der Waals surface area contributed by atoms with Gasteiger partial charge in [-0.3, -0.25) is 4.79 Å². The maximum absolute atomic E-state index is 12.5. The van der Waals surface area contributed by atoms with E-state index in [1.165, 1.54) is 6.21 Å². The molecule has 0 spiro atoms. The van der Waals surface area contributed by atoms with E-state index in [0.29, 0.717) is 28.5 Å². The first-order valence-electron chi connectivity index (χ1n) is 9.80. The number of esters is 1. The van der Waals surface area contributed by atoms with Gasteiger partial charge in [-0.15, -0.1) is 0 Å². The van der Waals surface area contributed by atoms with Crippen LogP contribution >= 0.6 is 27.5 Å². The van der Waals surface area contributed by atoms with Crippen LogP contribution in [0.25, 0.3) is 0 Å². The molecule has 0 radical (unpaired) electrons. The van der Waals surface area contributed by atoms with Gasteiger partial charge in [0.2, 0.25) is 0 Å². The van der Waals surface area contributed by atoms with Gasteiger partial charge in [0.15, 0.2) is 0 Å². The maximum Gasteiger partial charge on any atom is 0.345 e. The highest BCUT2D eigenvalue weighted by molar-refractivity contribution is 9.10. The standard InChI is InChI=1S/C24H20BrClN2O4/c1-2-13-31-19-10-7-16(8-11-19)23(29)28-27-15-17-14-18(25)9-12-22(17)32-24(30)20-5-3-4-6-21(20)26/h3-12,14-15H,2,13H2,1H3,(H,28,29)/b27-15-. The molecule has 1 amide bonds. The van der Waals surface area contributed by atoms with E-state index in [-0.39, 0.29) is 17.2 Å². The number of hydrazone groups is 1. The number of benzene rings is 3. The lowest BCUT2D eigenvalue weighted by atomic mass is 10.2. The van der Waals surface area contributed by atoms with E-state index >= 15 is 0 Å². The molecule has 3 rings (SSSR count). The normalized spacial score (nSPS) is 10.7. The zero-order valence-corrected chi connectivity index (χ0v) is 19.5. The molecular weight excluding hydrogens is 496 g/mol. The molecule has 0 atom stereocenters. The third kappa shape index (κ3) is 6.42. The largest absolute Gasteiger partial charge is 0.494 e. The summed E-state index contributed by atoms with van der Waals surface area (Å²) in [5, 5.41) is 4.29. The van der Waals surface area contributed by atoms with Gasteiger partial charge in [-0.1, -0.05) is 46.6 Å². The zero-order chi connectivity index (χ0) is 22.9. The van der Waals surface area contributed by atoms with E-state index in [9.17, 15) is 9.59 Å². The van der Waals surface area contributed by atoms with Crippen LogP contribution in [-0.4, -0.2) is 24.7 Å². The second-order valence-corrected chi connectivity index (χ2v) is 7.95. The number of hydrogen-bond donors (Lipinski definition) is 1. The number of nitrogens with zero attached hydrogens (tertiary/aromatic N) is 1. The van der Waals surface area contributed by atoms with Gasteiger partial charge in [0, 0.05) is 15.6 Å². The Bertz CT molecular complexity index is 1130. The summed E-state index contributed by atoms with van der Waals surface area (Å²) in [5.74, 6) is -0.00514. The highest BCUT2D eigenvalue weighted by atomic mass is 79.9. The minimum Gasteiger partial charge on any atom is -0.494 e. The summed E-state index contributed by atoms with van der Waals surface area (Å²) in [6.45, 7) is 2.64. The molecule has 0 saturated carbocycles. The molecule has 0 aliphatic carbocycles. The second-order valence-electron chi connectivity index (χ2n) is 6.62. The van der Waals surface area contributed by atoms with E-state index in [1.54, 1.807) is 66.7 Å². The third-order valence-electron chi connectivity index (χ3n) is 4.23. The highest BCUT2D eigenvalue weighted by Crippen LogP contribution is 2.24. The molecule has 32 heavy (non-hydrogen) atoms. The van der Waals surface area contributed by atoms with E-state index in [0.717, 1.165) is 10.9 Å². The molecular formula is C24H20BrClN2O4. The van der Waals surface area contributed by atoms with Crippen molar-refractivity contribution < 1.29 is 19.1 Å². The van der Waals surface area contributed by atoms with E-state index in [1.807, 2.05) is 6.92 Å². The first-order chi connectivity index (χ1) is 15.5. The lowest BCUT2D eigenvalue weighted by Crippen LogP contribution is -2.17. The Morgan fingerprint density at radius 2 is 1.84 bits per heavy atom. The van der Waals surface area contributed by atoms with E-state index < -0.39 is 5.97 Å². The van der Waals surface area contributed by atoms with Crippen molar-refractivity contribution in [1.29, 1.82) is 0 Å². The fraction of sp³-hybridized carbons (Fsp3) is 0.125. The molecule has 0 aromatic heterocycles. The highest BCUT2D eigenvalue weighted by Gasteiger charge is 2.14. The SMILES string of the molecule is CCCOc1ccc(C(=O)N/N=C\c2cc(Br)ccc2OC(=O)c2ccccc2Cl)cc1. The van der Waals surface area contributed by atoms with Crippen LogP contribution in [0.3, 0.4) is 0 Å². The predicted octanol–water partition coefficient (Wildman–Crippen LogP) is 5.87. The van der Waals surface area contributed by atoms with Crippen LogP contribution in [0, 0.1) is 0 Å². The minimum atomic E-state index is -0.595. The summed E-state index contributed by atoms with van der Waals surface area (Å²) in [6.07, 6.45) is 2.30. The predicted molar refractivity (Wildman–Crippen MR) is 128 cm³/mol. The molecule has 3 aromatic carbocycles.